The van der Waals surface area contributed by atoms with Gasteiger partial charge >= 0.3 is 0 Å². The Bertz CT molecular complexity index is 519. The van der Waals surface area contributed by atoms with Crippen LogP contribution in [0, 0.1) is 0 Å². The third-order valence-corrected chi connectivity index (χ3v) is 3.55. The van der Waals surface area contributed by atoms with Gasteiger partial charge in [0.2, 0.25) is 11.8 Å². The van der Waals surface area contributed by atoms with Gasteiger partial charge in [-0.1, -0.05) is 12.2 Å². The number of carbonyl (C=O) groups excluding carboxylic acids is 3. The Morgan fingerprint density at radius 1 is 1.40 bits per heavy atom. The van der Waals surface area contributed by atoms with Gasteiger partial charge < -0.3 is 10.0 Å². The summed E-state index contributed by atoms with van der Waals surface area (Å²) in [5.41, 5.74) is 1.05. The Morgan fingerprint density at radius 3 is 2.65 bits per heavy atom. The summed E-state index contributed by atoms with van der Waals surface area (Å²) in [5.74, 6) is -1.08. The molecule has 0 aromatic rings. The van der Waals surface area contributed by atoms with Crippen molar-refractivity contribution in [1.29, 1.82) is 0 Å². The fourth-order valence-corrected chi connectivity index (χ4v) is 2.65. The van der Waals surface area contributed by atoms with Gasteiger partial charge in [-0.05, 0) is 25.8 Å². The van der Waals surface area contributed by atoms with Crippen molar-refractivity contribution in [2.24, 2.45) is 0 Å². The third kappa shape index (κ3) is 2.51. The Balaban J connectivity index is 2.24. The van der Waals surface area contributed by atoms with Gasteiger partial charge in [0.05, 0.1) is 11.7 Å². The summed E-state index contributed by atoms with van der Waals surface area (Å²) in [7, 11) is 0. The van der Waals surface area contributed by atoms with Crippen LogP contribution in [-0.4, -0.2) is 46.4 Å². The summed E-state index contributed by atoms with van der Waals surface area (Å²) in [6.07, 6.45) is 3.23. The molecule has 108 valence electrons. The first-order chi connectivity index (χ1) is 9.45. The van der Waals surface area contributed by atoms with E-state index >= 15 is 0 Å². The van der Waals surface area contributed by atoms with Crippen LogP contribution in [-0.2, 0) is 14.4 Å². The summed E-state index contributed by atoms with van der Waals surface area (Å²) >= 11 is 0. The molecule has 2 aliphatic heterocycles. The van der Waals surface area contributed by atoms with Gasteiger partial charge in [-0.25, -0.2) is 0 Å². The van der Waals surface area contributed by atoms with Crippen LogP contribution >= 0.6 is 0 Å². The zero-order chi connectivity index (χ0) is 14.9. The fraction of sp³-hybridized carbons (Fsp3) is 0.500. The molecule has 2 atom stereocenters. The standard InChI is InChI=1S/C14H18N2O4/c1-3-4-9-7-16(14(20)12(9)8(2)17)10-5-6-11(18)15-13(10)19/h3-4,8,10,17H,5-7H2,1-2H3,(H,15,18,19)/b4-3-. The van der Waals surface area contributed by atoms with E-state index in [1.807, 2.05) is 6.92 Å². The lowest BCUT2D eigenvalue weighted by atomic mass is 10.0. The molecule has 20 heavy (non-hydrogen) atoms. The Hall–Kier alpha value is -1.95. The number of imide groups is 1. The average Bonchev–Trinajstić information content (AvgIpc) is 2.67. The van der Waals surface area contributed by atoms with Gasteiger partial charge in [0.15, 0.2) is 0 Å². The number of amides is 3. The van der Waals surface area contributed by atoms with E-state index < -0.39 is 18.1 Å². The average molecular weight is 278 g/mol. The van der Waals surface area contributed by atoms with E-state index in [1.165, 1.54) is 11.8 Å². The lowest BCUT2D eigenvalue weighted by Crippen LogP contribution is -2.53. The third-order valence-electron chi connectivity index (χ3n) is 3.55. The highest BCUT2D eigenvalue weighted by molar-refractivity contribution is 6.05. The molecule has 0 aromatic carbocycles. The molecule has 0 spiro atoms. The van der Waals surface area contributed by atoms with Crippen LogP contribution in [0.15, 0.2) is 23.3 Å². The second-order valence-corrected chi connectivity index (χ2v) is 5.01. The van der Waals surface area contributed by atoms with Crippen LogP contribution in [0.2, 0.25) is 0 Å². The molecule has 6 heteroatoms. The van der Waals surface area contributed by atoms with Crippen LogP contribution in [0.1, 0.15) is 26.7 Å². The number of allylic oxidation sites excluding steroid dienone is 1. The molecule has 2 rings (SSSR count). The molecule has 6 nitrogen and oxygen atoms in total. The Morgan fingerprint density at radius 2 is 2.10 bits per heavy atom. The monoisotopic (exact) mass is 278 g/mol. The molecule has 2 heterocycles. The van der Waals surface area contributed by atoms with Crippen molar-refractivity contribution in [3.63, 3.8) is 0 Å². The summed E-state index contributed by atoms with van der Waals surface area (Å²) < 4.78 is 0. The van der Waals surface area contributed by atoms with Gasteiger partial charge in [-0.3, -0.25) is 19.7 Å². The second-order valence-electron chi connectivity index (χ2n) is 5.01. The largest absolute Gasteiger partial charge is 0.388 e. The van der Waals surface area contributed by atoms with Crippen molar-refractivity contribution in [3.05, 3.63) is 23.3 Å². The maximum absolute atomic E-state index is 12.4. The number of hydrogen-bond donors (Lipinski definition) is 2. The Labute approximate surface area is 117 Å². The molecule has 2 N–H and O–H groups in total. The van der Waals surface area contributed by atoms with Gasteiger partial charge in [-0.15, -0.1) is 0 Å². The number of hydrogen-bond acceptors (Lipinski definition) is 4. The van der Waals surface area contributed by atoms with E-state index in [4.69, 9.17) is 0 Å². The van der Waals surface area contributed by atoms with Crippen LogP contribution in [0.4, 0.5) is 0 Å². The number of aliphatic hydroxyl groups excluding tert-OH is 1. The molecule has 0 saturated carbocycles. The molecule has 2 aliphatic rings. The van der Waals surface area contributed by atoms with Crippen molar-refractivity contribution >= 4 is 17.7 Å². The van der Waals surface area contributed by atoms with E-state index in [-0.39, 0.29) is 24.8 Å². The number of aliphatic hydroxyl groups is 1. The summed E-state index contributed by atoms with van der Waals surface area (Å²) in [5, 5.41) is 12.0. The number of piperidine rings is 1. The Kier molecular flexibility index (Phi) is 4.04. The molecule has 0 radical (unpaired) electrons. The van der Waals surface area contributed by atoms with Gasteiger partial charge in [0.25, 0.3) is 5.91 Å². The van der Waals surface area contributed by atoms with E-state index in [0.717, 1.165) is 5.57 Å². The van der Waals surface area contributed by atoms with E-state index in [9.17, 15) is 19.5 Å². The minimum absolute atomic E-state index is 0.225. The van der Waals surface area contributed by atoms with Crippen LogP contribution < -0.4 is 5.32 Å². The molecule has 0 bridgehead atoms. The van der Waals surface area contributed by atoms with Gasteiger partial charge in [-0.2, -0.15) is 0 Å². The highest BCUT2D eigenvalue weighted by Crippen LogP contribution is 2.27. The number of rotatable bonds is 3. The highest BCUT2D eigenvalue weighted by atomic mass is 16.3. The first-order valence-electron chi connectivity index (χ1n) is 6.64. The molecule has 0 aliphatic carbocycles. The zero-order valence-corrected chi connectivity index (χ0v) is 11.5. The smallest absolute Gasteiger partial charge is 0.253 e. The first kappa shape index (κ1) is 14.5. The fourth-order valence-electron chi connectivity index (χ4n) is 2.65. The molecule has 2 unspecified atom stereocenters. The second kappa shape index (κ2) is 5.58. The van der Waals surface area contributed by atoms with Crippen molar-refractivity contribution < 1.29 is 19.5 Å². The van der Waals surface area contributed by atoms with Gasteiger partial charge in [0, 0.05) is 13.0 Å². The zero-order valence-electron chi connectivity index (χ0n) is 11.5. The van der Waals surface area contributed by atoms with Crippen molar-refractivity contribution in [2.45, 2.75) is 38.8 Å². The number of carbonyl (C=O) groups is 3. The van der Waals surface area contributed by atoms with Gasteiger partial charge in [0.1, 0.15) is 6.04 Å². The molecule has 1 fully saturated rings. The number of nitrogens with one attached hydrogen (secondary N) is 1. The quantitative estimate of drug-likeness (QED) is 0.705. The predicted octanol–water partition coefficient (Wildman–Crippen LogP) is -0.113. The molecule has 0 aromatic heterocycles. The maximum Gasteiger partial charge on any atom is 0.253 e. The molecular formula is C14H18N2O4. The predicted molar refractivity (Wildman–Crippen MR) is 71.4 cm³/mol. The number of nitrogens with zero attached hydrogens (tertiary/aromatic N) is 1. The van der Waals surface area contributed by atoms with Crippen molar-refractivity contribution in [3.8, 4) is 0 Å². The minimum atomic E-state index is -0.882. The summed E-state index contributed by atoms with van der Waals surface area (Å²) in [6, 6.07) is -0.642. The normalized spacial score (nSPS) is 25.6. The topological polar surface area (TPSA) is 86.7 Å². The van der Waals surface area contributed by atoms with Crippen LogP contribution in [0.3, 0.4) is 0 Å². The lowest BCUT2D eigenvalue weighted by molar-refractivity contribution is -0.143. The van der Waals surface area contributed by atoms with Crippen LogP contribution in [0.5, 0.6) is 0 Å². The maximum atomic E-state index is 12.4. The van der Waals surface area contributed by atoms with E-state index in [1.54, 1.807) is 12.2 Å². The van der Waals surface area contributed by atoms with E-state index in [2.05, 4.69) is 5.32 Å². The van der Waals surface area contributed by atoms with Crippen LogP contribution in [0.25, 0.3) is 0 Å². The van der Waals surface area contributed by atoms with Crippen molar-refractivity contribution in [2.75, 3.05) is 6.54 Å². The summed E-state index contributed by atoms with van der Waals surface area (Å²) in [4.78, 5) is 36.8. The van der Waals surface area contributed by atoms with Crippen molar-refractivity contribution in [1.82, 2.24) is 10.2 Å². The summed E-state index contributed by atoms with van der Waals surface area (Å²) in [6.45, 7) is 3.65. The van der Waals surface area contributed by atoms with E-state index in [0.29, 0.717) is 12.0 Å². The molecule has 1 saturated heterocycles. The minimum Gasteiger partial charge on any atom is -0.388 e. The highest BCUT2D eigenvalue weighted by Gasteiger charge is 2.40. The molecule has 3 amide bonds. The SMILES string of the molecule is C/C=C\C1=C(C(C)O)C(=O)N(C2CCC(=O)NC2=O)C1. The first-order valence-corrected chi connectivity index (χ1v) is 6.64. The lowest BCUT2D eigenvalue weighted by Gasteiger charge is -2.30. The molecular weight excluding hydrogens is 260 g/mol.